The SMILES string of the molecule is NCC(NC(=O)Nc1ccc(F)cc1F)c1ccccc1. The van der Waals surface area contributed by atoms with Crippen molar-refractivity contribution in [3.63, 3.8) is 0 Å². The van der Waals surface area contributed by atoms with E-state index in [-0.39, 0.29) is 12.2 Å². The lowest BCUT2D eigenvalue weighted by atomic mass is 10.1. The third-order valence-corrected chi connectivity index (χ3v) is 2.92. The molecule has 0 aliphatic carbocycles. The maximum absolute atomic E-state index is 13.4. The van der Waals surface area contributed by atoms with Gasteiger partial charge >= 0.3 is 6.03 Å². The summed E-state index contributed by atoms with van der Waals surface area (Å²) in [5.74, 6) is -1.54. The van der Waals surface area contributed by atoms with Gasteiger partial charge in [-0.25, -0.2) is 13.6 Å². The molecule has 2 rings (SSSR count). The van der Waals surface area contributed by atoms with Crippen LogP contribution in [-0.2, 0) is 0 Å². The molecule has 1 unspecified atom stereocenters. The molecule has 0 aliphatic heterocycles. The van der Waals surface area contributed by atoms with Crippen LogP contribution in [0, 0.1) is 11.6 Å². The predicted octanol–water partition coefficient (Wildman–Crippen LogP) is 2.79. The average molecular weight is 291 g/mol. The quantitative estimate of drug-likeness (QED) is 0.811. The Morgan fingerprint density at radius 3 is 2.48 bits per heavy atom. The van der Waals surface area contributed by atoms with Gasteiger partial charge in [-0.1, -0.05) is 30.3 Å². The first-order valence-electron chi connectivity index (χ1n) is 6.37. The summed E-state index contributed by atoms with van der Waals surface area (Å²) in [6.07, 6.45) is 0. The van der Waals surface area contributed by atoms with Crippen LogP contribution in [0.5, 0.6) is 0 Å². The van der Waals surface area contributed by atoms with Crippen LogP contribution in [-0.4, -0.2) is 12.6 Å². The van der Waals surface area contributed by atoms with E-state index in [0.717, 1.165) is 17.7 Å². The number of nitrogens with one attached hydrogen (secondary N) is 2. The number of halogens is 2. The van der Waals surface area contributed by atoms with Gasteiger partial charge in [0, 0.05) is 12.6 Å². The summed E-state index contributed by atoms with van der Waals surface area (Å²) in [5, 5.41) is 4.96. The minimum atomic E-state index is -0.839. The van der Waals surface area contributed by atoms with E-state index < -0.39 is 23.7 Å². The van der Waals surface area contributed by atoms with Crippen molar-refractivity contribution < 1.29 is 13.6 Å². The van der Waals surface area contributed by atoms with Gasteiger partial charge in [0.15, 0.2) is 0 Å². The van der Waals surface area contributed by atoms with Gasteiger partial charge in [-0.05, 0) is 17.7 Å². The van der Waals surface area contributed by atoms with Crippen molar-refractivity contribution in [3.05, 3.63) is 65.7 Å². The van der Waals surface area contributed by atoms with Gasteiger partial charge < -0.3 is 16.4 Å². The van der Waals surface area contributed by atoms with Crippen LogP contribution in [0.4, 0.5) is 19.3 Å². The van der Waals surface area contributed by atoms with Gasteiger partial charge in [0.1, 0.15) is 11.6 Å². The number of nitrogens with two attached hydrogens (primary N) is 1. The molecule has 0 saturated heterocycles. The number of carbonyl (C=O) groups excluding carboxylic acids is 1. The second-order valence-corrected chi connectivity index (χ2v) is 4.42. The molecule has 0 heterocycles. The first kappa shape index (κ1) is 14.9. The fourth-order valence-electron chi connectivity index (χ4n) is 1.87. The third kappa shape index (κ3) is 4.00. The van der Waals surface area contributed by atoms with Crippen LogP contribution in [0.15, 0.2) is 48.5 Å². The second kappa shape index (κ2) is 6.81. The Balaban J connectivity index is 2.03. The highest BCUT2D eigenvalue weighted by Crippen LogP contribution is 2.16. The van der Waals surface area contributed by atoms with Crippen LogP contribution in [0.2, 0.25) is 0 Å². The van der Waals surface area contributed by atoms with Crippen molar-refractivity contribution in [2.24, 2.45) is 5.73 Å². The van der Waals surface area contributed by atoms with Crippen molar-refractivity contribution >= 4 is 11.7 Å². The number of amides is 2. The van der Waals surface area contributed by atoms with Crippen LogP contribution < -0.4 is 16.4 Å². The standard InChI is InChI=1S/C15H15F2N3O/c16-11-6-7-13(12(17)8-11)19-15(21)20-14(9-18)10-4-2-1-3-5-10/h1-8,14H,9,18H2,(H2,19,20,21). The summed E-state index contributed by atoms with van der Waals surface area (Å²) < 4.78 is 26.2. The minimum Gasteiger partial charge on any atom is -0.330 e. The Bertz CT molecular complexity index is 620. The van der Waals surface area contributed by atoms with Gasteiger partial charge in [-0.15, -0.1) is 0 Å². The summed E-state index contributed by atoms with van der Waals surface area (Å²) >= 11 is 0. The average Bonchev–Trinajstić information content (AvgIpc) is 2.48. The molecular formula is C15H15F2N3O. The molecule has 4 N–H and O–H groups in total. The highest BCUT2D eigenvalue weighted by molar-refractivity contribution is 5.89. The zero-order valence-electron chi connectivity index (χ0n) is 11.1. The normalized spacial score (nSPS) is 11.8. The van der Waals surface area contributed by atoms with E-state index in [2.05, 4.69) is 10.6 Å². The van der Waals surface area contributed by atoms with Crippen LogP contribution in [0.3, 0.4) is 0 Å². The zero-order valence-corrected chi connectivity index (χ0v) is 11.1. The molecule has 0 radical (unpaired) electrons. The summed E-state index contributed by atoms with van der Waals surface area (Å²) in [6.45, 7) is 0.198. The maximum Gasteiger partial charge on any atom is 0.319 e. The molecular weight excluding hydrogens is 276 g/mol. The fraction of sp³-hybridized carbons (Fsp3) is 0.133. The highest BCUT2D eigenvalue weighted by Gasteiger charge is 2.14. The Morgan fingerprint density at radius 2 is 1.86 bits per heavy atom. The summed E-state index contributed by atoms with van der Waals surface area (Å²) in [6, 6.07) is 11.1. The fourth-order valence-corrected chi connectivity index (χ4v) is 1.87. The Kier molecular flexibility index (Phi) is 4.84. The number of rotatable bonds is 4. The Labute approximate surface area is 121 Å². The molecule has 1 atom stereocenters. The van der Waals surface area contributed by atoms with E-state index >= 15 is 0 Å². The number of urea groups is 1. The molecule has 0 bridgehead atoms. The summed E-state index contributed by atoms with van der Waals surface area (Å²) in [7, 11) is 0. The lowest BCUT2D eigenvalue weighted by Crippen LogP contribution is -2.36. The molecule has 0 aliphatic rings. The minimum absolute atomic E-state index is 0.0993. The third-order valence-electron chi connectivity index (χ3n) is 2.92. The molecule has 2 aromatic rings. The van der Waals surface area contributed by atoms with Gasteiger partial charge in [0.05, 0.1) is 11.7 Å². The van der Waals surface area contributed by atoms with Crippen molar-refractivity contribution in [1.29, 1.82) is 0 Å². The van der Waals surface area contributed by atoms with Crippen molar-refractivity contribution in [1.82, 2.24) is 5.32 Å². The first-order chi connectivity index (χ1) is 10.1. The second-order valence-electron chi connectivity index (χ2n) is 4.42. The molecule has 0 spiro atoms. The number of hydrogen-bond donors (Lipinski definition) is 3. The Morgan fingerprint density at radius 1 is 1.14 bits per heavy atom. The number of carbonyl (C=O) groups is 1. The molecule has 6 heteroatoms. The van der Waals surface area contributed by atoms with Gasteiger partial charge in [-0.2, -0.15) is 0 Å². The van der Waals surface area contributed by atoms with E-state index in [0.29, 0.717) is 6.07 Å². The van der Waals surface area contributed by atoms with E-state index in [1.165, 1.54) is 0 Å². The maximum atomic E-state index is 13.4. The molecule has 21 heavy (non-hydrogen) atoms. The molecule has 110 valence electrons. The summed E-state index contributed by atoms with van der Waals surface area (Å²) in [4.78, 5) is 11.9. The van der Waals surface area contributed by atoms with Crippen LogP contribution >= 0.6 is 0 Å². The lowest BCUT2D eigenvalue weighted by molar-refractivity contribution is 0.248. The molecule has 0 saturated carbocycles. The molecule has 0 fully saturated rings. The number of hydrogen-bond acceptors (Lipinski definition) is 2. The van der Waals surface area contributed by atoms with E-state index in [1.54, 1.807) is 0 Å². The zero-order chi connectivity index (χ0) is 15.2. The lowest BCUT2D eigenvalue weighted by Gasteiger charge is -2.18. The summed E-state index contributed by atoms with van der Waals surface area (Å²) in [5.41, 5.74) is 6.37. The smallest absolute Gasteiger partial charge is 0.319 e. The van der Waals surface area contributed by atoms with E-state index in [1.807, 2.05) is 30.3 Å². The van der Waals surface area contributed by atoms with E-state index in [9.17, 15) is 13.6 Å². The van der Waals surface area contributed by atoms with Crippen LogP contribution in [0.1, 0.15) is 11.6 Å². The van der Waals surface area contributed by atoms with Gasteiger partial charge in [0.2, 0.25) is 0 Å². The first-order valence-corrected chi connectivity index (χ1v) is 6.37. The van der Waals surface area contributed by atoms with Crippen molar-refractivity contribution in [3.8, 4) is 0 Å². The van der Waals surface area contributed by atoms with Gasteiger partial charge in [-0.3, -0.25) is 0 Å². The van der Waals surface area contributed by atoms with Gasteiger partial charge in [0.25, 0.3) is 0 Å². The molecule has 2 aromatic carbocycles. The van der Waals surface area contributed by atoms with Crippen LogP contribution in [0.25, 0.3) is 0 Å². The van der Waals surface area contributed by atoms with Crippen molar-refractivity contribution in [2.45, 2.75) is 6.04 Å². The molecule has 0 aromatic heterocycles. The topological polar surface area (TPSA) is 67.1 Å². The Hall–Kier alpha value is -2.47. The van der Waals surface area contributed by atoms with Crippen molar-refractivity contribution in [2.75, 3.05) is 11.9 Å². The molecule has 2 amide bonds. The van der Waals surface area contributed by atoms with E-state index in [4.69, 9.17) is 5.73 Å². The highest BCUT2D eigenvalue weighted by atomic mass is 19.1. The largest absolute Gasteiger partial charge is 0.330 e. The monoisotopic (exact) mass is 291 g/mol. The predicted molar refractivity (Wildman–Crippen MR) is 76.7 cm³/mol. The number of benzene rings is 2. The molecule has 4 nitrogen and oxygen atoms in total. The number of anilines is 1.